The molecule has 0 amide bonds. The van der Waals surface area contributed by atoms with Crippen molar-refractivity contribution in [2.24, 2.45) is 0 Å². The minimum absolute atomic E-state index is 0.0323. The molecule has 6 N–H and O–H groups in total. The van der Waals surface area contributed by atoms with Crippen molar-refractivity contribution in [2.45, 2.75) is 0 Å². The van der Waals surface area contributed by atoms with E-state index in [4.69, 9.17) is 15.7 Å². The van der Waals surface area contributed by atoms with Crippen LogP contribution in [0.25, 0.3) is 65.3 Å². The summed E-state index contributed by atoms with van der Waals surface area (Å²) in [6, 6.07) is 25.7. The van der Waals surface area contributed by atoms with Gasteiger partial charge >= 0.3 is 0 Å². The monoisotopic (exact) mass is 546 g/mol. The Morgan fingerprint density at radius 2 is 0.857 bits per heavy atom. The van der Waals surface area contributed by atoms with E-state index in [1.807, 2.05) is 54.6 Å². The number of phenolic OH excluding ortho intramolecular Hbond substituents is 6. The third-order valence-corrected chi connectivity index (χ3v) is 8.02. The van der Waals surface area contributed by atoms with Gasteiger partial charge in [-0.15, -0.1) is 0 Å². The molecule has 0 heterocycles. The highest BCUT2D eigenvalue weighted by molar-refractivity contribution is 6.54. The van der Waals surface area contributed by atoms with E-state index in [-0.39, 0.29) is 43.6 Å². The van der Waals surface area contributed by atoms with Crippen molar-refractivity contribution < 1.29 is 30.6 Å². The van der Waals surface area contributed by atoms with Gasteiger partial charge in [-0.05, 0) is 38.7 Å². The number of hydrogen-bond donors (Lipinski definition) is 6. The molecule has 0 aromatic heterocycles. The highest BCUT2D eigenvalue weighted by Gasteiger charge is 2.31. The van der Waals surface area contributed by atoms with Crippen LogP contribution in [0.2, 0.25) is 0 Å². The maximum absolute atomic E-state index is 11.6. The minimum Gasteiger partial charge on any atom is -0.508 e. The predicted molar refractivity (Wildman–Crippen MR) is 168 cm³/mol. The van der Waals surface area contributed by atoms with Gasteiger partial charge in [0.1, 0.15) is 27.2 Å². The minimum atomic E-state index is -0.947. The molecule has 4 radical (unpaired) electrons. The fraction of sp³-hybridized carbons (Fsp3) is 0. The summed E-state index contributed by atoms with van der Waals surface area (Å²) in [5.74, 6) is -4.28. The Kier molecular flexibility index (Phi) is 5.47. The number of aromatic hydroxyl groups is 6. The Bertz CT molecular complexity index is 2200. The van der Waals surface area contributed by atoms with Gasteiger partial charge < -0.3 is 30.6 Å². The first kappa shape index (κ1) is 25.5. The molecule has 0 spiro atoms. The summed E-state index contributed by atoms with van der Waals surface area (Å²) in [5, 5.41) is 70.8. The Morgan fingerprint density at radius 1 is 0.405 bits per heavy atom. The van der Waals surface area contributed by atoms with Crippen LogP contribution in [0, 0.1) is 0 Å². The number of rotatable bonds is 2. The molecule has 0 saturated heterocycles. The van der Waals surface area contributed by atoms with E-state index >= 15 is 0 Å². The van der Waals surface area contributed by atoms with Gasteiger partial charge in [-0.25, -0.2) is 0 Å². The van der Waals surface area contributed by atoms with Crippen LogP contribution in [0.5, 0.6) is 34.5 Å². The third kappa shape index (κ3) is 3.29. The van der Waals surface area contributed by atoms with Crippen LogP contribution >= 0.6 is 0 Å². The van der Waals surface area contributed by atoms with Crippen molar-refractivity contribution in [3.63, 3.8) is 0 Å². The summed E-state index contributed by atoms with van der Waals surface area (Å²) in [6.45, 7) is 0. The zero-order valence-corrected chi connectivity index (χ0v) is 21.9. The molecule has 0 aliphatic carbocycles. The lowest BCUT2D eigenvalue weighted by atomic mass is 9.74. The summed E-state index contributed by atoms with van der Waals surface area (Å²) in [5.41, 5.74) is 0.703. The Balaban J connectivity index is 1.89. The van der Waals surface area contributed by atoms with E-state index in [0.717, 1.165) is 16.2 Å². The molecule has 7 aromatic carbocycles. The second kappa shape index (κ2) is 9.01. The highest BCUT2D eigenvalue weighted by Crippen LogP contribution is 2.59. The molecule has 0 aliphatic rings. The molecule has 0 bridgehead atoms. The van der Waals surface area contributed by atoms with Gasteiger partial charge in [0, 0.05) is 32.7 Å². The van der Waals surface area contributed by atoms with E-state index in [1.165, 1.54) is 0 Å². The quantitative estimate of drug-likeness (QED) is 0.0564. The lowest BCUT2D eigenvalue weighted by Gasteiger charge is -2.24. The topological polar surface area (TPSA) is 121 Å². The van der Waals surface area contributed by atoms with Gasteiger partial charge in [0.05, 0.1) is 0 Å². The van der Waals surface area contributed by atoms with Gasteiger partial charge in [0.15, 0.2) is 11.5 Å². The van der Waals surface area contributed by atoms with Crippen molar-refractivity contribution in [3.05, 3.63) is 84.9 Å². The first-order valence-corrected chi connectivity index (χ1v) is 13.1. The van der Waals surface area contributed by atoms with Gasteiger partial charge in [0.25, 0.3) is 0 Å². The predicted octanol–water partition coefficient (Wildman–Crippen LogP) is 5.45. The van der Waals surface area contributed by atoms with Crippen molar-refractivity contribution in [3.8, 4) is 56.8 Å². The summed E-state index contributed by atoms with van der Waals surface area (Å²) in [4.78, 5) is 0. The molecule has 0 fully saturated rings. The molecular formula is C34H20B2O6. The summed E-state index contributed by atoms with van der Waals surface area (Å²) < 4.78 is 0. The average molecular weight is 546 g/mol. The first-order valence-electron chi connectivity index (χ1n) is 13.1. The number of fused-ring (bicyclic) bond motifs is 5. The van der Waals surface area contributed by atoms with Gasteiger partial charge in [0.2, 0.25) is 11.5 Å². The first-order chi connectivity index (χ1) is 20.2. The molecule has 8 heteroatoms. The summed E-state index contributed by atoms with van der Waals surface area (Å²) >= 11 is 0. The maximum atomic E-state index is 11.6. The Morgan fingerprint density at radius 3 is 1.48 bits per heavy atom. The molecule has 7 rings (SSSR count). The molecule has 0 unspecified atom stereocenters. The highest BCUT2D eigenvalue weighted by atomic mass is 16.3. The fourth-order valence-electron chi connectivity index (χ4n) is 6.11. The van der Waals surface area contributed by atoms with Crippen molar-refractivity contribution in [1.82, 2.24) is 0 Å². The standard InChI is InChI=1S/C34H20B2O6/c35-27-28(36)30(38)25-22(20-14-16-10-4-5-11-17(16)18-12-6-7-13-19(18)20)26-24(31(39)33(41)34(42)32(26)40)21(23(25)29(27)37)15-8-2-1-3-9-15/h1-14,37-42H. The average Bonchev–Trinajstić information content (AvgIpc) is 3.03. The number of hydrogen-bond acceptors (Lipinski definition) is 6. The van der Waals surface area contributed by atoms with E-state index in [2.05, 4.69) is 0 Å². The smallest absolute Gasteiger partial charge is 0.204 e. The number of benzene rings is 7. The third-order valence-electron chi connectivity index (χ3n) is 8.02. The fourth-order valence-corrected chi connectivity index (χ4v) is 6.11. The van der Waals surface area contributed by atoms with Crippen molar-refractivity contribution >= 4 is 69.7 Å². The van der Waals surface area contributed by atoms with E-state index in [0.29, 0.717) is 16.5 Å². The SMILES string of the molecule is [B]c1c([B])c(O)c2c(-c3cc4ccccc4c4ccccc34)c3c(O)c(O)c(O)c(O)c3c(-c3ccccc3)c2c1O. The maximum Gasteiger partial charge on any atom is 0.204 e. The number of phenols is 6. The summed E-state index contributed by atoms with van der Waals surface area (Å²) in [6.07, 6.45) is 0. The van der Waals surface area contributed by atoms with Crippen LogP contribution in [-0.4, -0.2) is 46.3 Å². The van der Waals surface area contributed by atoms with E-state index in [1.54, 1.807) is 30.3 Å². The second-order valence-electron chi connectivity index (χ2n) is 10.2. The largest absolute Gasteiger partial charge is 0.508 e. The molecule has 7 aromatic rings. The van der Waals surface area contributed by atoms with Crippen LogP contribution in [0.1, 0.15) is 0 Å². The molecule has 6 nitrogen and oxygen atoms in total. The molecule has 42 heavy (non-hydrogen) atoms. The van der Waals surface area contributed by atoms with Gasteiger partial charge in [-0.2, -0.15) is 0 Å². The Labute approximate surface area is 241 Å². The van der Waals surface area contributed by atoms with Gasteiger partial charge in [-0.1, -0.05) is 89.8 Å². The van der Waals surface area contributed by atoms with E-state index in [9.17, 15) is 30.6 Å². The molecule has 198 valence electrons. The normalized spacial score (nSPS) is 11.6. The lowest BCUT2D eigenvalue weighted by molar-refractivity contribution is 0.351. The second-order valence-corrected chi connectivity index (χ2v) is 10.2. The van der Waals surface area contributed by atoms with Crippen LogP contribution < -0.4 is 10.9 Å². The molecule has 0 atom stereocenters. The lowest BCUT2D eigenvalue weighted by Crippen LogP contribution is -2.26. The van der Waals surface area contributed by atoms with Crippen LogP contribution in [0.15, 0.2) is 84.9 Å². The van der Waals surface area contributed by atoms with E-state index < -0.39 is 34.5 Å². The zero-order chi connectivity index (χ0) is 29.4. The van der Waals surface area contributed by atoms with Crippen LogP contribution in [0.4, 0.5) is 0 Å². The molecule has 0 saturated carbocycles. The van der Waals surface area contributed by atoms with Crippen molar-refractivity contribution in [2.75, 3.05) is 0 Å². The molecule has 0 aliphatic heterocycles. The summed E-state index contributed by atoms with van der Waals surface area (Å²) in [7, 11) is 12.4. The Hall–Kier alpha value is -5.49. The van der Waals surface area contributed by atoms with Crippen molar-refractivity contribution in [1.29, 1.82) is 0 Å². The zero-order valence-electron chi connectivity index (χ0n) is 21.9. The van der Waals surface area contributed by atoms with Crippen LogP contribution in [0.3, 0.4) is 0 Å². The van der Waals surface area contributed by atoms with Crippen LogP contribution in [-0.2, 0) is 0 Å². The van der Waals surface area contributed by atoms with Gasteiger partial charge in [-0.3, -0.25) is 0 Å². The molecular weight excluding hydrogens is 526 g/mol.